The summed E-state index contributed by atoms with van der Waals surface area (Å²) in [5.74, 6) is -3.72. The van der Waals surface area contributed by atoms with Crippen molar-refractivity contribution in [3.63, 3.8) is 0 Å². The molecule has 0 saturated carbocycles. The Hall–Kier alpha value is -5.22. The molecular weight excluding hydrogens is 1050 g/mol. The van der Waals surface area contributed by atoms with Crippen LogP contribution in [-0.2, 0) is 95.5 Å². The van der Waals surface area contributed by atoms with Crippen LogP contribution in [0.25, 0.3) is 0 Å². The second-order valence-corrected chi connectivity index (χ2v) is 19.5. The normalized spacial score (nSPS) is 13.5. The molecule has 0 aromatic heterocycles. The number of nitrogens with zero attached hydrogens (tertiary/aromatic N) is 2. The lowest BCUT2D eigenvalue weighted by Crippen LogP contribution is -2.32. The molecule has 0 aromatic carbocycles. The number of ether oxygens (including phenoxy) is 8. The van der Waals surface area contributed by atoms with Crippen molar-refractivity contribution >= 4 is 59.2 Å². The SMILES string of the molecule is CCC(C)(COCCC(=O)NCCCCCCCC(=O)NCCOCCOCCOCCC(=O)ON1C(=O)CCC1=O)COCCC(=O)NCCCCCCCC(=O)NCCOCCOCCOCCC(=O)ON1C(=O)CCC1=O. The molecule has 2 rings (SSSR count). The molecule has 8 amide bonds. The van der Waals surface area contributed by atoms with Crippen LogP contribution in [0.4, 0.5) is 0 Å². The molecule has 26 nitrogen and oxygen atoms in total. The highest BCUT2D eigenvalue weighted by Gasteiger charge is 2.34. The highest BCUT2D eigenvalue weighted by atomic mass is 16.7. The number of carbonyl (C=O) groups is 10. The number of rotatable bonds is 53. The van der Waals surface area contributed by atoms with Crippen LogP contribution in [0, 0.1) is 5.41 Å². The van der Waals surface area contributed by atoms with Crippen LogP contribution in [0.1, 0.15) is 149 Å². The van der Waals surface area contributed by atoms with Crippen LogP contribution in [0.15, 0.2) is 0 Å². The third kappa shape index (κ3) is 37.7. The summed E-state index contributed by atoms with van der Waals surface area (Å²) in [5.41, 5.74) is -0.244. The Labute approximate surface area is 470 Å². The number of hydroxylamine groups is 4. The van der Waals surface area contributed by atoms with Crippen molar-refractivity contribution in [2.75, 3.05) is 132 Å². The first-order chi connectivity index (χ1) is 38.7. The quantitative estimate of drug-likeness (QED) is 0.0502. The second-order valence-electron chi connectivity index (χ2n) is 19.5. The molecule has 0 aliphatic carbocycles. The highest BCUT2D eigenvalue weighted by molar-refractivity contribution is 6.02. The summed E-state index contributed by atoms with van der Waals surface area (Å²) >= 11 is 0. The summed E-state index contributed by atoms with van der Waals surface area (Å²) in [4.78, 5) is 128. The molecule has 2 saturated heterocycles. The molecule has 80 heavy (non-hydrogen) atoms. The number of amides is 8. The Bertz CT molecular complexity index is 1670. The first-order valence-electron chi connectivity index (χ1n) is 28.5. The maximum Gasteiger partial charge on any atom is 0.335 e. The Morgan fingerprint density at radius 3 is 1.01 bits per heavy atom. The van der Waals surface area contributed by atoms with Crippen molar-refractivity contribution in [2.45, 2.75) is 149 Å². The van der Waals surface area contributed by atoms with E-state index in [-0.39, 0.29) is 107 Å². The lowest BCUT2D eigenvalue weighted by Gasteiger charge is -2.27. The first kappa shape index (κ1) is 70.9. The number of imide groups is 2. The summed E-state index contributed by atoms with van der Waals surface area (Å²) in [6.45, 7) is 10.9. The third-order valence-corrected chi connectivity index (χ3v) is 12.4. The second kappa shape index (κ2) is 46.4. The minimum Gasteiger partial charge on any atom is -0.380 e. The molecule has 0 unspecified atom stereocenters. The van der Waals surface area contributed by atoms with E-state index in [0.29, 0.717) is 128 Å². The van der Waals surface area contributed by atoms with E-state index in [1.807, 2.05) is 0 Å². The van der Waals surface area contributed by atoms with Crippen LogP contribution in [0.5, 0.6) is 0 Å². The van der Waals surface area contributed by atoms with E-state index < -0.39 is 35.6 Å². The van der Waals surface area contributed by atoms with Gasteiger partial charge in [0.1, 0.15) is 0 Å². The number of unbranched alkanes of at least 4 members (excludes halogenated alkanes) is 8. The fraction of sp³-hybridized carbons (Fsp3) is 0.815. The molecule has 2 aliphatic heterocycles. The summed E-state index contributed by atoms with van der Waals surface area (Å²) in [5, 5.41) is 12.6. The summed E-state index contributed by atoms with van der Waals surface area (Å²) in [7, 11) is 0. The van der Waals surface area contributed by atoms with Crippen molar-refractivity contribution in [2.24, 2.45) is 5.41 Å². The zero-order chi connectivity index (χ0) is 58.3. The Balaban J connectivity index is 1.27. The monoisotopic (exact) mass is 1140 g/mol. The van der Waals surface area contributed by atoms with Crippen LogP contribution in [-0.4, -0.2) is 201 Å². The average Bonchev–Trinajstić information content (AvgIpc) is 3.93. The van der Waals surface area contributed by atoms with Crippen LogP contribution < -0.4 is 21.3 Å². The molecule has 0 atom stereocenters. The first-order valence-corrected chi connectivity index (χ1v) is 28.5. The summed E-state index contributed by atoms with van der Waals surface area (Å²) in [6, 6.07) is 0. The van der Waals surface area contributed by atoms with Gasteiger partial charge < -0.3 is 68.8 Å². The van der Waals surface area contributed by atoms with E-state index in [1.54, 1.807) is 0 Å². The van der Waals surface area contributed by atoms with Gasteiger partial charge in [-0.2, -0.15) is 0 Å². The van der Waals surface area contributed by atoms with Gasteiger partial charge in [0.05, 0.1) is 119 Å². The van der Waals surface area contributed by atoms with E-state index >= 15 is 0 Å². The van der Waals surface area contributed by atoms with Crippen molar-refractivity contribution in [3.05, 3.63) is 0 Å². The standard InChI is InChI=1S/C54H92N6O20/c1-3-54(2,42-77-28-20-46(63)55-24-12-8-4-6-10-14-44(61)57-26-32-73-36-40-75-38-34-71-30-22-52(69)79-59-48(65)16-17-49(59)66)43-78-29-21-47(64)56-25-13-9-5-7-11-15-45(62)58-27-33-74-37-41-76-39-35-72-31-23-53(70)80-60-50(67)18-19-51(60)68/h3-43H2,1-2H3,(H,55,63)(H,56,64)(H,57,61)(H,58,62). The lowest BCUT2D eigenvalue weighted by molar-refractivity contribution is -0.198. The summed E-state index contributed by atoms with van der Waals surface area (Å²) in [6.07, 6.45) is 11.2. The van der Waals surface area contributed by atoms with E-state index in [0.717, 1.165) is 70.6 Å². The lowest BCUT2D eigenvalue weighted by atomic mass is 9.90. The van der Waals surface area contributed by atoms with Crippen molar-refractivity contribution in [3.8, 4) is 0 Å². The molecule has 26 heteroatoms. The molecule has 0 radical (unpaired) electrons. The largest absolute Gasteiger partial charge is 0.380 e. The molecule has 0 spiro atoms. The molecule has 2 heterocycles. The molecule has 458 valence electrons. The van der Waals surface area contributed by atoms with Gasteiger partial charge >= 0.3 is 11.9 Å². The molecule has 2 fully saturated rings. The smallest absolute Gasteiger partial charge is 0.335 e. The predicted octanol–water partition coefficient (Wildman–Crippen LogP) is 2.46. The zero-order valence-corrected chi connectivity index (χ0v) is 47.6. The maximum absolute atomic E-state index is 12.3. The van der Waals surface area contributed by atoms with E-state index in [1.165, 1.54) is 0 Å². The minimum absolute atomic E-state index is 0.0240. The Morgan fingerprint density at radius 2 is 0.650 bits per heavy atom. The third-order valence-electron chi connectivity index (χ3n) is 12.4. The number of hydrogen-bond acceptors (Lipinski definition) is 20. The van der Waals surface area contributed by atoms with Crippen LogP contribution in [0.3, 0.4) is 0 Å². The van der Waals surface area contributed by atoms with Gasteiger partial charge in [-0.1, -0.05) is 52.4 Å². The number of nitrogens with one attached hydrogen (secondary N) is 4. The van der Waals surface area contributed by atoms with Crippen molar-refractivity contribution < 1.29 is 95.5 Å². The predicted molar refractivity (Wildman–Crippen MR) is 285 cm³/mol. The Morgan fingerprint density at radius 1 is 0.362 bits per heavy atom. The molecular formula is C54H92N6O20. The van der Waals surface area contributed by atoms with Crippen molar-refractivity contribution in [1.82, 2.24) is 31.4 Å². The number of carbonyl (C=O) groups excluding carboxylic acids is 10. The van der Waals surface area contributed by atoms with Gasteiger partial charge in [0.2, 0.25) is 23.6 Å². The van der Waals surface area contributed by atoms with Crippen LogP contribution >= 0.6 is 0 Å². The maximum atomic E-state index is 12.3. The average molecular weight is 1150 g/mol. The minimum atomic E-state index is -0.721. The van der Waals surface area contributed by atoms with Crippen molar-refractivity contribution in [1.29, 1.82) is 0 Å². The van der Waals surface area contributed by atoms with Gasteiger partial charge in [0.15, 0.2) is 0 Å². The van der Waals surface area contributed by atoms with Gasteiger partial charge in [0.25, 0.3) is 23.6 Å². The topological polar surface area (TPSA) is 318 Å². The zero-order valence-electron chi connectivity index (χ0n) is 47.6. The fourth-order valence-corrected chi connectivity index (χ4v) is 7.43. The van der Waals surface area contributed by atoms with Gasteiger partial charge in [0, 0.05) is 83.0 Å². The summed E-state index contributed by atoms with van der Waals surface area (Å²) < 4.78 is 44.0. The highest BCUT2D eigenvalue weighted by Crippen LogP contribution is 2.22. The van der Waals surface area contributed by atoms with Gasteiger partial charge in [-0.05, 0) is 32.1 Å². The molecule has 2 aliphatic rings. The molecule has 4 N–H and O–H groups in total. The van der Waals surface area contributed by atoms with Gasteiger partial charge in [-0.25, -0.2) is 9.59 Å². The fourth-order valence-electron chi connectivity index (χ4n) is 7.43. The van der Waals surface area contributed by atoms with Gasteiger partial charge in [-0.15, -0.1) is 10.1 Å². The van der Waals surface area contributed by atoms with Gasteiger partial charge in [-0.3, -0.25) is 38.4 Å². The van der Waals surface area contributed by atoms with E-state index in [2.05, 4.69) is 35.1 Å². The number of hydrogen-bond donors (Lipinski definition) is 4. The Kier molecular flexibility index (Phi) is 41.1. The molecule has 0 bridgehead atoms. The van der Waals surface area contributed by atoms with Crippen LogP contribution in [0.2, 0.25) is 0 Å². The van der Waals surface area contributed by atoms with E-state index in [4.69, 9.17) is 47.6 Å². The van der Waals surface area contributed by atoms with E-state index in [9.17, 15) is 47.9 Å². The molecule has 0 aromatic rings.